The predicted octanol–water partition coefficient (Wildman–Crippen LogP) is 4.06. The van der Waals surface area contributed by atoms with Crippen LogP contribution < -0.4 is 4.90 Å². The number of benzene rings is 1. The van der Waals surface area contributed by atoms with Crippen LogP contribution in [0.15, 0.2) is 18.2 Å². The third kappa shape index (κ3) is 2.72. The molecule has 1 aromatic rings. The van der Waals surface area contributed by atoms with Gasteiger partial charge >= 0.3 is 0 Å². The number of anilines is 1. The number of piperazine rings is 1. The van der Waals surface area contributed by atoms with Crippen LogP contribution in [0.25, 0.3) is 0 Å². The van der Waals surface area contributed by atoms with E-state index < -0.39 is 0 Å². The molecule has 2 aliphatic rings. The number of fused-ring (bicyclic) bond motifs is 1. The van der Waals surface area contributed by atoms with E-state index in [2.05, 4.69) is 16.7 Å². The number of hydrogen-bond donors (Lipinski definition) is 0. The minimum absolute atomic E-state index is 0.491. The van der Waals surface area contributed by atoms with Crippen LogP contribution in [-0.4, -0.2) is 36.6 Å². The van der Waals surface area contributed by atoms with Crippen molar-refractivity contribution in [2.24, 2.45) is 0 Å². The van der Waals surface area contributed by atoms with Crippen molar-refractivity contribution < 1.29 is 0 Å². The molecule has 19 heavy (non-hydrogen) atoms. The van der Waals surface area contributed by atoms with Gasteiger partial charge in [0.1, 0.15) is 0 Å². The van der Waals surface area contributed by atoms with Crippen LogP contribution >= 0.6 is 23.2 Å². The first-order valence-corrected chi connectivity index (χ1v) is 7.86. The number of rotatable bonds is 1. The zero-order chi connectivity index (χ0) is 13.4. The van der Waals surface area contributed by atoms with Gasteiger partial charge in [-0.25, -0.2) is 0 Å². The van der Waals surface area contributed by atoms with E-state index in [1.165, 1.54) is 25.8 Å². The lowest BCUT2D eigenvalue weighted by atomic mass is 9.96. The molecule has 2 unspecified atom stereocenters. The quantitative estimate of drug-likeness (QED) is 0.771. The van der Waals surface area contributed by atoms with Gasteiger partial charge in [-0.2, -0.15) is 0 Å². The summed E-state index contributed by atoms with van der Waals surface area (Å²) in [6.07, 6.45) is 4.01. The van der Waals surface area contributed by atoms with Crippen molar-refractivity contribution in [3.05, 3.63) is 28.2 Å². The van der Waals surface area contributed by atoms with Crippen molar-refractivity contribution in [1.29, 1.82) is 0 Å². The van der Waals surface area contributed by atoms with Gasteiger partial charge in [0.05, 0.1) is 10.7 Å². The van der Waals surface area contributed by atoms with Gasteiger partial charge in [0.2, 0.25) is 0 Å². The number of hydrogen-bond acceptors (Lipinski definition) is 2. The molecule has 2 aliphatic heterocycles. The standard InChI is InChI=1S/C15H20Cl2N2/c1-11-9-18-7-3-2-4-13(18)10-19(11)15-8-12(16)5-6-14(15)17/h5-6,8,11,13H,2-4,7,9-10H2,1H3. The summed E-state index contributed by atoms with van der Waals surface area (Å²) in [5.74, 6) is 0. The van der Waals surface area contributed by atoms with Crippen LogP contribution in [0, 0.1) is 0 Å². The van der Waals surface area contributed by atoms with Crippen molar-refractivity contribution in [3.63, 3.8) is 0 Å². The lowest BCUT2D eigenvalue weighted by Gasteiger charge is -2.48. The Labute approximate surface area is 125 Å². The monoisotopic (exact) mass is 298 g/mol. The van der Waals surface area contributed by atoms with Crippen LogP contribution in [-0.2, 0) is 0 Å². The SMILES string of the molecule is CC1CN2CCCCC2CN1c1cc(Cl)ccc1Cl. The van der Waals surface area contributed by atoms with Gasteiger partial charge in [0, 0.05) is 30.2 Å². The third-order valence-electron chi connectivity index (χ3n) is 4.40. The maximum atomic E-state index is 6.36. The summed E-state index contributed by atoms with van der Waals surface area (Å²) in [7, 11) is 0. The molecular weight excluding hydrogens is 279 g/mol. The second-order valence-corrected chi connectivity index (χ2v) is 6.59. The zero-order valence-electron chi connectivity index (χ0n) is 11.3. The van der Waals surface area contributed by atoms with Gasteiger partial charge < -0.3 is 4.90 Å². The lowest BCUT2D eigenvalue weighted by molar-refractivity contribution is 0.115. The number of nitrogens with zero attached hydrogens (tertiary/aromatic N) is 2. The lowest BCUT2D eigenvalue weighted by Crippen LogP contribution is -2.58. The fraction of sp³-hybridized carbons (Fsp3) is 0.600. The second kappa shape index (κ2) is 5.51. The highest BCUT2D eigenvalue weighted by molar-refractivity contribution is 6.35. The molecular formula is C15H20Cl2N2. The van der Waals surface area contributed by atoms with E-state index in [-0.39, 0.29) is 0 Å². The molecule has 0 spiro atoms. The molecule has 2 atom stereocenters. The first-order valence-electron chi connectivity index (χ1n) is 7.11. The van der Waals surface area contributed by atoms with Crippen LogP contribution in [0.2, 0.25) is 10.0 Å². The molecule has 2 nitrogen and oxygen atoms in total. The molecule has 0 N–H and O–H groups in total. The molecule has 2 heterocycles. The van der Waals surface area contributed by atoms with Crippen molar-refractivity contribution in [3.8, 4) is 0 Å². The molecule has 104 valence electrons. The minimum Gasteiger partial charge on any atom is -0.365 e. The molecule has 0 aromatic heterocycles. The maximum Gasteiger partial charge on any atom is 0.0640 e. The largest absolute Gasteiger partial charge is 0.365 e. The number of halogens is 2. The molecule has 4 heteroatoms. The Morgan fingerprint density at radius 3 is 2.84 bits per heavy atom. The molecule has 0 radical (unpaired) electrons. The average molecular weight is 299 g/mol. The second-order valence-electron chi connectivity index (χ2n) is 5.74. The molecule has 0 saturated carbocycles. The highest BCUT2D eigenvalue weighted by atomic mass is 35.5. The Kier molecular flexibility index (Phi) is 3.93. The van der Waals surface area contributed by atoms with Gasteiger partial charge in [-0.05, 0) is 44.5 Å². The third-order valence-corrected chi connectivity index (χ3v) is 4.96. The maximum absolute atomic E-state index is 6.36. The Balaban J connectivity index is 1.85. The first-order chi connectivity index (χ1) is 9.15. The van der Waals surface area contributed by atoms with Gasteiger partial charge in [0.15, 0.2) is 0 Å². The van der Waals surface area contributed by atoms with Crippen LogP contribution in [0.3, 0.4) is 0 Å². The Morgan fingerprint density at radius 1 is 1.16 bits per heavy atom. The summed E-state index contributed by atoms with van der Waals surface area (Å²) >= 11 is 12.5. The van der Waals surface area contributed by atoms with E-state index in [1.54, 1.807) is 0 Å². The van der Waals surface area contributed by atoms with E-state index in [0.29, 0.717) is 12.1 Å². The van der Waals surface area contributed by atoms with Gasteiger partial charge in [-0.1, -0.05) is 29.6 Å². The summed E-state index contributed by atoms with van der Waals surface area (Å²) in [4.78, 5) is 5.07. The van der Waals surface area contributed by atoms with Crippen LogP contribution in [0.1, 0.15) is 26.2 Å². The van der Waals surface area contributed by atoms with Crippen LogP contribution in [0.4, 0.5) is 5.69 Å². The summed E-state index contributed by atoms with van der Waals surface area (Å²) in [6.45, 7) is 5.74. The summed E-state index contributed by atoms with van der Waals surface area (Å²) < 4.78 is 0. The molecule has 0 amide bonds. The van der Waals surface area contributed by atoms with Gasteiger partial charge in [-0.3, -0.25) is 4.90 Å². The smallest absolute Gasteiger partial charge is 0.0640 e. The van der Waals surface area contributed by atoms with Crippen molar-refractivity contribution in [1.82, 2.24) is 4.90 Å². The zero-order valence-corrected chi connectivity index (χ0v) is 12.8. The molecule has 1 aromatic carbocycles. The average Bonchev–Trinajstić information content (AvgIpc) is 2.41. The molecule has 0 bridgehead atoms. The van der Waals surface area contributed by atoms with E-state index in [9.17, 15) is 0 Å². The van der Waals surface area contributed by atoms with E-state index >= 15 is 0 Å². The van der Waals surface area contributed by atoms with Crippen LogP contribution in [0.5, 0.6) is 0 Å². The van der Waals surface area contributed by atoms with Crippen molar-refractivity contribution in [2.45, 2.75) is 38.3 Å². The summed E-state index contributed by atoms with van der Waals surface area (Å²) in [5, 5.41) is 1.57. The normalized spacial score (nSPS) is 28.3. The molecule has 2 saturated heterocycles. The highest BCUT2D eigenvalue weighted by Crippen LogP contribution is 2.34. The fourth-order valence-electron chi connectivity index (χ4n) is 3.39. The Hall–Kier alpha value is -0.440. The number of piperidine rings is 1. The molecule has 0 aliphatic carbocycles. The van der Waals surface area contributed by atoms with E-state index in [4.69, 9.17) is 23.2 Å². The predicted molar refractivity (Wildman–Crippen MR) is 82.5 cm³/mol. The summed E-state index contributed by atoms with van der Waals surface area (Å²) in [6, 6.07) is 6.93. The fourth-order valence-corrected chi connectivity index (χ4v) is 3.79. The van der Waals surface area contributed by atoms with Crippen molar-refractivity contribution in [2.75, 3.05) is 24.5 Å². The van der Waals surface area contributed by atoms with Crippen molar-refractivity contribution >= 4 is 28.9 Å². The molecule has 3 rings (SSSR count). The van der Waals surface area contributed by atoms with E-state index in [0.717, 1.165) is 28.8 Å². The highest BCUT2D eigenvalue weighted by Gasteiger charge is 2.33. The first kappa shape index (κ1) is 13.5. The van der Waals surface area contributed by atoms with Gasteiger partial charge in [-0.15, -0.1) is 0 Å². The Bertz CT molecular complexity index is 463. The molecule has 2 fully saturated rings. The Morgan fingerprint density at radius 2 is 2.00 bits per heavy atom. The summed E-state index contributed by atoms with van der Waals surface area (Å²) in [5.41, 5.74) is 1.09. The topological polar surface area (TPSA) is 6.48 Å². The van der Waals surface area contributed by atoms with E-state index in [1.807, 2.05) is 18.2 Å². The van der Waals surface area contributed by atoms with Gasteiger partial charge in [0.25, 0.3) is 0 Å². The minimum atomic E-state index is 0.491.